The minimum atomic E-state index is -0.531. The van der Waals surface area contributed by atoms with Crippen LogP contribution in [0.2, 0.25) is 0 Å². The van der Waals surface area contributed by atoms with Crippen LogP contribution in [0.3, 0.4) is 0 Å². The number of amides is 1. The largest absolute Gasteiger partial charge is 0.467 e. The van der Waals surface area contributed by atoms with Gasteiger partial charge in [-0.05, 0) is 25.2 Å². The van der Waals surface area contributed by atoms with Crippen molar-refractivity contribution >= 4 is 11.9 Å². The highest BCUT2D eigenvalue weighted by Crippen LogP contribution is 2.37. The molecule has 1 amide bonds. The molecule has 0 aromatic rings. The van der Waals surface area contributed by atoms with Crippen LogP contribution in [0.25, 0.3) is 0 Å². The molecule has 17 heavy (non-hydrogen) atoms. The van der Waals surface area contributed by atoms with Crippen LogP contribution in [0.4, 0.5) is 0 Å². The van der Waals surface area contributed by atoms with Gasteiger partial charge in [-0.3, -0.25) is 9.69 Å². The smallest absolute Gasteiger partial charge is 0.329 e. The highest BCUT2D eigenvalue weighted by atomic mass is 16.5. The molecule has 3 unspecified atom stereocenters. The third kappa shape index (κ3) is 2.77. The lowest BCUT2D eigenvalue weighted by Gasteiger charge is -2.29. The average Bonchev–Trinajstić information content (AvgIpc) is 2.88. The number of ether oxygens (including phenoxy) is 1. The number of likely N-dealkylation sites (tertiary alicyclic amines) is 1. The fourth-order valence-electron chi connectivity index (χ4n) is 3.05. The molecule has 3 atom stereocenters. The number of methoxy groups -OCH3 is 1. The monoisotopic (exact) mass is 240 g/mol. The van der Waals surface area contributed by atoms with Crippen LogP contribution in [0, 0.1) is 5.92 Å². The van der Waals surface area contributed by atoms with E-state index < -0.39 is 6.04 Å². The molecule has 1 aliphatic carbocycles. The number of rotatable bonds is 4. The van der Waals surface area contributed by atoms with E-state index in [9.17, 15) is 9.59 Å². The molecule has 2 rings (SSSR count). The zero-order valence-corrected chi connectivity index (χ0v) is 10.4. The molecule has 2 bridgehead atoms. The van der Waals surface area contributed by atoms with Crippen molar-refractivity contribution < 1.29 is 14.3 Å². The van der Waals surface area contributed by atoms with Crippen molar-refractivity contribution in [3.05, 3.63) is 0 Å². The van der Waals surface area contributed by atoms with Crippen molar-refractivity contribution in [2.45, 2.75) is 38.3 Å². The van der Waals surface area contributed by atoms with E-state index in [1.54, 1.807) is 0 Å². The molecule has 1 heterocycles. The minimum absolute atomic E-state index is 0.190. The van der Waals surface area contributed by atoms with Crippen molar-refractivity contribution in [3.8, 4) is 0 Å². The second kappa shape index (κ2) is 5.04. The Hall–Kier alpha value is -1.10. The van der Waals surface area contributed by atoms with Crippen LogP contribution in [0.1, 0.15) is 26.2 Å². The van der Waals surface area contributed by atoms with Gasteiger partial charge in [-0.1, -0.05) is 0 Å². The van der Waals surface area contributed by atoms with Gasteiger partial charge in [0, 0.05) is 26.1 Å². The second-order valence-electron chi connectivity index (χ2n) is 5.06. The Balaban J connectivity index is 1.92. The second-order valence-corrected chi connectivity index (χ2v) is 5.06. The Labute approximate surface area is 101 Å². The number of esters is 1. The van der Waals surface area contributed by atoms with Crippen molar-refractivity contribution in [2.75, 3.05) is 20.2 Å². The Morgan fingerprint density at radius 2 is 2.24 bits per heavy atom. The van der Waals surface area contributed by atoms with E-state index in [2.05, 4.69) is 10.2 Å². The van der Waals surface area contributed by atoms with Gasteiger partial charge in [0.05, 0.1) is 7.11 Å². The maximum Gasteiger partial charge on any atom is 0.329 e. The number of nitrogens with zero attached hydrogens (tertiary/aromatic N) is 1. The van der Waals surface area contributed by atoms with Gasteiger partial charge in [-0.25, -0.2) is 4.79 Å². The molecule has 1 saturated carbocycles. The van der Waals surface area contributed by atoms with Crippen molar-refractivity contribution in [2.24, 2.45) is 5.92 Å². The Kier molecular flexibility index (Phi) is 3.66. The van der Waals surface area contributed by atoms with Crippen molar-refractivity contribution in [1.82, 2.24) is 10.2 Å². The molecule has 1 aliphatic heterocycles. The van der Waals surface area contributed by atoms with Gasteiger partial charge in [0.2, 0.25) is 5.91 Å². The van der Waals surface area contributed by atoms with E-state index in [4.69, 9.17) is 4.74 Å². The molecular formula is C12H20N2O3. The van der Waals surface area contributed by atoms with E-state index in [0.29, 0.717) is 12.6 Å². The lowest BCUT2D eigenvalue weighted by molar-refractivity contribution is -0.145. The van der Waals surface area contributed by atoms with E-state index in [1.165, 1.54) is 33.3 Å². The molecule has 1 saturated heterocycles. The van der Waals surface area contributed by atoms with Crippen molar-refractivity contribution in [3.63, 3.8) is 0 Å². The van der Waals surface area contributed by atoms with Crippen LogP contribution >= 0.6 is 0 Å². The molecule has 0 aromatic carbocycles. The van der Waals surface area contributed by atoms with Gasteiger partial charge >= 0.3 is 5.97 Å². The van der Waals surface area contributed by atoms with Crippen LogP contribution in [-0.4, -0.2) is 49.1 Å². The molecular weight excluding hydrogens is 220 g/mol. The molecule has 0 spiro atoms. The Morgan fingerprint density at radius 3 is 2.71 bits per heavy atom. The number of carbonyl (C=O) groups is 2. The van der Waals surface area contributed by atoms with Gasteiger partial charge in [0.25, 0.3) is 0 Å². The Bertz CT molecular complexity index is 319. The number of nitrogens with one attached hydrogen (secondary N) is 1. The van der Waals surface area contributed by atoms with Gasteiger partial charge < -0.3 is 10.1 Å². The fourth-order valence-corrected chi connectivity index (χ4v) is 3.05. The third-order valence-electron chi connectivity index (χ3n) is 3.80. The topological polar surface area (TPSA) is 58.6 Å². The highest BCUT2D eigenvalue weighted by molar-refractivity contribution is 5.83. The zero-order chi connectivity index (χ0) is 12.4. The van der Waals surface area contributed by atoms with E-state index >= 15 is 0 Å². The summed E-state index contributed by atoms with van der Waals surface area (Å²) in [5.74, 6) is 0.239. The molecule has 96 valence electrons. The fraction of sp³-hybridized carbons (Fsp3) is 0.833. The number of fused-ring (bicyclic) bond motifs is 2. The first kappa shape index (κ1) is 12.4. The standard InChI is InChI=1S/C12H20N2O3/c1-8(15)13-11(12(16)17-2)7-14-6-9-3-4-10(14)5-9/h9-11H,3-7H2,1-2H3,(H,13,15). The summed E-state index contributed by atoms with van der Waals surface area (Å²) in [6, 6.07) is 0.0674. The number of piperidine rings is 1. The van der Waals surface area contributed by atoms with Crippen molar-refractivity contribution in [1.29, 1.82) is 0 Å². The normalized spacial score (nSPS) is 29.1. The van der Waals surface area contributed by atoms with Gasteiger partial charge in [-0.15, -0.1) is 0 Å². The molecule has 2 fully saturated rings. The average molecular weight is 240 g/mol. The lowest BCUT2D eigenvalue weighted by atomic mass is 10.1. The first-order valence-electron chi connectivity index (χ1n) is 6.19. The molecule has 5 heteroatoms. The molecule has 2 aliphatic rings. The predicted octanol–water partition coefficient (Wildman–Crippen LogP) is 0.148. The quantitative estimate of drug-likeness (QED) is 0.711. The molecule has 0 aromatic heterocycles. The van der Waals surface area contributed by atoms with E-state index in [-0.39, 0.29) is 11.9 Å². The minimum Gasteiger partial charge on any atom is -0.467 e. The predicted molar refractivity (Wildman–Crippen MR) is 62.3 cm³/mol. The summed E-state index contributed by atoms with van der Waals surface area (Å²) in [4.78, 5) is 25.0. The first-order chi connectivity index (χ1) is 8.10. The Morgan fingerprint density at radius 1 is 1.47 bits per heavy atom. The first-order valence-corrected chi connectivity index (χ1v) is 6.19. The SMILES string of the molecule is COC(=O)C(CN1CC2CCC1C2)NC(C)=O. The number of carbonyl (C=O) groups excluding carboxylic acids is 2. The van der Waals surface area contributed by atoms with Crippen LogP contribution in [0.5, 0.6) is 0 Å². The summed E-state index contributed by atoms with van der Waals surface area (Å²) in [6.45, 7) is 3.05. The summed E-state index contributed by atoms with van der Waals surface area (Å²) in [7, 11) is 1.35. The molecule has 1 N–H and O–H groups in total. The van der Waals surface area contributed by atoms with Crippen LogP contribution in [-0.2, 0) is 14.3 Å². The zero-order valence-electron chi connectivity index (χ0n) is 10.4. The van der Waals surface area contributed by atoms with E-state index in [1.807, 2.05) is 0 Å². The van der Waals surface area contributed by atoms with Gasteiger partial charge in [-0.2, -0.15) is 0 Å². The maximum atomic E-state index is 11.6. The summed E-state index contributed by atoms with van der Waals surface area (Å²) < 4.78 is 4.72. The van der Waals surface area contributed by atoms with Crippen LogP contribution < -0.4 is 5.32 Å². The summed E-state index contributed by atoms with van der Waals surface area (Å²) >= 11 is 0. The van der Waals surface area contributed by atoms with Crippen LogP contribution in [0.15, 0.2) is 0 Å². The summed E-state index contributed by atoms with van der Waals surface area (Å²) in [5, 5.41) is 2.66. The number of hydrogen-bond acceptors (Lipinski definition) is 4. The molecule has 0 radical (unpaired) electrons. The maximum absolute atomic E-state index is 11.6. The lowest BCUT2D eigenvalue weighted by Crippen LogP contribution is -2.50. The van der Waals surface area contributed by atoms with Gasteiger partial charge in [0.1, 0.15) is 6.04 Å². The molecule has 5 nitrogen and oxygen atoms in total. The third-order valence-corrected chi connectivity index (χ3v) is 3.80. The summed E-state index contributed by atoms with van der Waals surface area (Å²) in [5.41, 5.74) is 0. The number of hydrogen-bond donors (Lipinski definition) is 1. The van der Waals surface area contributed by atoms with E-state index in [0.717, 1.165) is 12.5 Å². The summed E-state index contributed by atoms with van der Waals surface area (Å²) in [6.07, 6.45) is 3.77. The highest BCUT2D eigenvalue weighted by Gasteiger charge is 2.39. The van der Waals surface area contributed by atoms with Gasteiger partial charge in [0.15, 0.2) is 0 Å².